The van der Waals surface area contributed by atoms with Gasteiger partial charge < -0.3 is 18.4 Å². The fourth-order valence-corrected chi connectivity index (χ4v) is 6.24. The van der Waals surface area contributed by atoms with Gasteiger partial charge in [-0.2, -0.15) is 0 Å². The zero-order valence-corrected chi connectivity index (χ0v) is 22.1. The summed E-state index contributed by atoms with van der Waals surface area (Å²) in [4.78, 5) is 0. The van der Waals surface area contributed by atoms with Gasteiger partial charge in [-0.3, -0.25) is 0 Å². The van der Waals surface area contributed by atoms with Crippen molar-refractivity contribution < 1.29 is 9.31 Å². The minimum absolute atomic E-state index is 0.280. The highest BCUT2D eigenvalue weighted by Crippen LogP contribution is 2.41. The van der Waals surface area contributed by atoms with E-state index in [-0.39, 0.29) is 7.12 Å². The predicted molar refractivity (Wildman–Crippen MR) is 160 cm³/mol. The van der Waals surface area contributed by atoms with E-state index in [1.54, 1.807) is 0 Å². The molecule has 6 heteroatoms. The molecule has 1 aliphatic rings. The Balaban J connectivity index is 1.48. The van der Waals surface area contributed by atoms with Gasteiger partial charge >= 0.3 is 7.12 Å². The van der Waals surface area contributed by atoms with Gasteiger partial charge in [-0.1, -0.05) is 70.5 Å². The average molecular weight is 557 g/mol. The summed E-state index contributed by atoms with van der Waals surface area (Å²) in [5.74, 6) is 0. The maximum Gasteiger partial charge on any atom is 0.494 e. The number of rotatable bonds is 3. The molecule has 3 heterocycles. The number of hydrogen-bond donors (Lipinski definition) is 0. The van der Waals surface area contributed by atoms with E-state index >= 15 is 0 Å². The Kier molecular flexibility index (Phi) is 5.02. The number of aromatic nitrogens is 2. The molecule has 0 unspecified atom stereocenters. The summed E-state index contributed by atoms with van der Waals surface area (Å²) >= 11 is 3.59. The van der Waals surface area contributed by atoms with E-state index in [1.807, 2.05) is 0 Å². The van der Waals surface area contributed by atoms with Crippen molar-refractivity contribution in [2.75, 3.05) is 13.2 Å². The van der Waals surface area contributed by atoms with E-state index in [0.29, 0.717) is 13.2 Å². The molecule has 2 aromatic heterocycles. The molecule has 5 aromatic carbocycles. The van der Waals surface area contributed by atoms with Gasteiger partial charge in [0, 0.05) is 37.4 Å². The maximum absolute atomic E-state index is 5.73. The van der Waals surface area contributed by atoms with E-state index in [4.69, 9.17) is 9.31 Å². The minimum atomic E-state index is -0.280. The van der Waals surface area contributed by atoms with Crippen molar-refractivity contribution in [1.82, 2.24) is 9.13 Å². The fourth-order valence-electron chi connectivity index (χ4n) is 5.98. The molecule has 182 valence electrons. The molecule has 0 aliphatic carbocycles. The van der Waals surface area contributed by atoms with E-state index < -0.39 is 0 Å². The van der Waals surface area contributed by atoms with Crippen LogP contribution in [0.1, 0.15) is 0 Å². The molecule has 0 amide bonds. The number of hydrogen-bond acceptors (Lipinski definition) is 2. The van der Waals surface area contributed by atoms with Crippen LogP contribution < -0.4 is 5.46 Å². The first-order valence-electron chi connectivity index (χ1n) is 12.8. The molecule has 7 aromatic rings. The second-order valence-corrected chi connectivity index (χ2v) is 10.6. The highest BCUT2D eigenvalue weighted by atomic mass is 79.9. The van der Waals surface area contributed by atoms with Crippen molar-refractivity contribution in [2.24, 2.45) is 0 Å². The highest BCUT2D eigenvalue weighted by molar-refractivity contribution is 9.10. The Hall–Kier alpha value is -3.84. The van der Waals surface area contributed by atoms with Gasteiger partial charge in [-0.15, -0.1) is 0 Å². The third kappa shape index (κ3) is 3.24. The molecule has 0 bridgehead atoms. The Morgan fingerprint density at radius 1 is 0.553 bits per heavy atom. The lowest BCUT2D eigenvalue weighted by Gasteiger charge is -2.11. The lowest BCUT2D eigenvalue weighted by atomic mass is 9.79. The molecule has 0 N–H and O–H groups in total. The van der Waals surface area contributed by atoms with Crippen molar-refractivity contribution in [3.05, 3.63) is 114 Å². The van der Waals surface area contributed by atoms with Crippen LogP contribution in [-0.4, -0.2) is 29.5 Å². The van der Waals surface area contributed by atoms with E-state index in [2.05, 4.69) is 134 Å². The fraction of sp³-hybridized carbons (Fsp3) is 0.0625. The van der Waals surface area contributed by atoms with Gasteiger partial charge in [0.2, 0.25) is 0 Å². The van der Waals surface area contributed by atoms with Gasteiger partial charge in [-0.05, 0) is 60.1 Å². The predicted octanol–water partition coefficient (Wildman–Crippen LogP) is 7.39. The van der Waals surface area contributed by atoms with Crippen molar-refractivity contribution in [3.63, 3.8) is 0 Å². The number of halogens is 1. The third-order valence-corrected chi connectivity index (χ3v) is 8.13. The van der Waals surface area contributed by atoms with Gasteiger partial charge in [0.05, 0.1) is 35.3 Å². The summed E-state index contributed by atoms with van der Waals surface area (Å²) in [6.45, 7) is 1.28. The zero-order valence-electron chi connectivity index (χ0n) is 20.5. The Labute approximate surface area is 228 Å². The summed E-state index contributed by atoms with van der Waals surface area (Å²) in [5, 5.41) is 4.99. The van der Waals surface area contributed by atoms with Crippen LogP contribution in [0, 0.1) is 0 Å². The Morgan fingerprint density at radius 3 is 1.89 bits per heavy atom. The Bertz CT molecular complexity index is 1990. The van der Waals surface area contributed by atoms with Crippen LogP contribution >= 0.6 is 15.9 Å². The average Bonchev–Trinajstić information content (AvgIpc) is 3.69. The SMILES string of the molecule is Brc1ccc(-n2c3ccccc3c3c2ccc2c4ccccc4n(-c4ccc(B5OCCO5)cc4)c23)cc1. The lowest BCUT2D eigenvalue weighted by molar-refractivity contribution is 0.365. The van der Waals surface area contributed by atoms with Crippen molar-refractivity contribution >= 4 is 72.1 Å². The van der Waals surface area contributed by atoms with E-state index in [9.17, 15) is 0 Å². The number of para-hydroxylation sites is 2. The summed E-state index contributed by atoms with van der Waals surface area (Å²) < 4.78 is 17.3. The van der Waals surface area contributed by atoms with Crippen molar-refractivity contribution in [2.45, 2.75) is 0 Å². The molecule has 8 rings (SSSR count). The van der Waals surface area contributed by atoms with Gasteiger partial charge in [0.1, 0.15) is 0 Å². The molecule has 1 fully saturated rings. The molecule has 0 spiro atoms. The van der Waals surface area contributed by atoms with Crippen LogP contribution in [-0.2, 0) is 9.31 Å². The van der Waals surface area contributed by atoms with Crippen LogP contribution in [0.25, 0.3) is 55.0 Å². The van der Waals surface area contributed by atoms with E-state index in [0.717, 1.165) is 21.3 Å². The molecule has 4 nitrogen and oxygen atoms in total. The first-order chi connectivity index (χ1) is 18.8. The first-order valence-corrected chi connectivity index (χ1v) is 13.6. The maximum atomic E-state index is 5.73. The lowest BCUT2D eigenvalue weighted by Crippen LogP contribution is -2.31. The number of nitrogens with zero attached hydrogens (tertiary/aromatic N) is 2. The summed E-state index contributed by atoms with van der Waals surface area (Å²) in [7, 11) is -0.280. The largest absolute Gasteiger partial charge is 0.494 e. The smallest absolute Gasteiger partial charge is 0.405 e. The second-order valence-electron chi connectivity index (χ2n) is 9.70. The molecule has 1 saturated heterocycles. The molecular weight excluding hydrogens is 535 g/mol. The molecule has 0 radical (unpaired) electrons. The monoisotopic (exact) mass is 556 g/mol. The van der Waals surface area contributed by atoms with Gasteiger partial charge in [0.15, 0.2) is 0 Å². The number of benzene rings is 5. The molecule has 0 atom stereocenters. The summed E-state index contributed by atoms with van der Waals surface area (Å²) in [5.41, 5.74) is 8.10. The quantitative estimate of drug-likeness (QED) is 0.212. The summed E-state index contributed by atoms with van der Waals surface area (Å²) in [6.07, 6.45) is 0. The standard InChI is InChI=1S/C32H22BBrN2O2/c34-22-11-15-23(16-12-22)35-29-8-4-2-6-27(29)31-30(35)18-17-26-25-5-1-3-7-28(25)36(32(26)31)24-13-9-21(10-14-24)33-37-19-20-38-33/h1-18H,19-20H2. The molecule has 38 heavy (non-hydrogen) atoms. The van der Waals surface area contributed by atoms with Gasteiger partial charge in [-0.25, -0.2) is 0 Å². The topological polar surface area (TPSA) is 28.3 Å². The van der Waals surface area contributed by atoms with Crippen LogP contribution in [0.15, 0.2) is 114 Å². The van der Waals surface area contributed by atoms with Crippen LogP contribution in [0.5, 0.6) is 0 Å². The van der Waals surface area contributed by atoms with Crippen molar-refractivity contribution in [1.29, 1.82) is 0 Å². The minimum Gasteiger partial charge on any atom is -0.405 e. The Morgan fingerprint density at radius 2 is 1.16 bits per heavy atom. The first kappa shape index (κ1) is 22.2. The van der Waals surface area contributed by atoms with Crippen LogP contribution in [0.2, 0.25) is 0 Å². The normalized spacial score (nSPS) is 14.0. The van der Waals surface area contributed by atoms with E-state index in [1.165, 1.54) is 43.6 Å². The molecule has 1 aliphatic heterocycles. The third-order valence-electron chi connectivity index (χ3n) is 7.60. The molecular formula is C32H22BBrN2O2. The van der Waals surface area contributed by atoms with Crippen LogP contribution in [0.3, 0.4) is 0 Å². The van der Waals surface area contributed by atoms with Crippen LogP contribution in [0.4, 0.5) is 0 Å². The zero-order chi connectivity index (χ0) is 25.2. The highest BCUT2D eigenvalue weighted by Gasteiger charge is 2.26. The van der Waals surface area contributed by atoms with Gasteiger partial charge in [0.25, 0.3) is 0 Å². The molecule has 0 saturated carbocycles. The van der Waals surface area contributed by atoms with Crippen molar-refractivity contribution in [3.8, 4) is 11.4 Å². The summed E-state index contributed by atoms with van der Waals surface area (Å²) in [6, 6.07) is 39.1. The number of fused-ring (bicyclic) bond motifs is 7. The second kappa shape index (κ2) is 8.60.